The molecule has 4 aromatic rings. The number of carboxylic acid groups (broad SMARTS) is 1. The molecule has 11 heteroatoms. The number of fused-ring (bicyclic) bond motifs is 3. The van der Waals surface area contributed by atoms with E-state index in [-0.39, 0.29) is 11.6 Å². The summed E-state index contributed by atoms with van der Waals surface area (Å²) in [4.78, 5) is 15.9. The lowest BCUT2D eigenvalue weighted by Crippen LogP contribution is -2.20. The zero-order chi connectivity index (χ0) is 25.8. The third-order valence-electron chi connectivity index (χ3n) is 5.47. The molecule has 0 radical (unpaired) electrons. The number of carboxylic acids is 1. The van der Waals surface area contributed by atoms with Crippen LogP contribution in [0.1, 0.15) is 17.4 Å². The highest BCUT2D eigenvalue weighted by molar-refractivity contribution is 7.98. The van der Waals surface area contributed by atoms with Gasteiger partial charge in [0.25, 0.3) is 0 Å². The third-order valence-corrected chi connectivity index (χ3v) is 6.63. The van der Waals surface area contributed by atoms with Crippen LogP contribution < -0.4 is 19.5 Å². The maximum Gasteiger partial charge on any atom is 0.341 e. The van der Waals surface area contributed by atoms with E-state index in [1.165, 1.54) is 18.9 Å². The number of anilines is 1. The van der Waals surface area contributed by atoms with E-state index in [9.17, 15) is 9.90 Å². The number of carbonyl (C=O) groups is 1. The smallest absolute Gasteiger partial charge is 0.341 e. The number of aromatic nitrogens is 3. The Morgan fingerprint density at radius 1 is 1.11 bits per heavy atom. The second kappa shape index (κ2) is 10.9. The van der Waals surface area contributed by atoms with Crippen molar-refractivity contribution in [1.29, 1.82) is 0 Å². The zero-order valence-corrected chi connectivity index (χ0v) is 21.1. The molecule has 2 N–H and O–H groups in total. The quantitative estimate of drug-likeness (QED) is 0.281. The van der Waals surface area contributed by atoms with E-state index in [1.807, 2.05) is 48.5 Å². The number of thioether (sulfide) groups is 1. The van der Waals surface area contributed by atoms with Crippen LogP contribution in [-0.4, -0.2) is 40.0 Å². The zero-order valence-electron chi connectivity index (χ0n) is 19.6. The lowest BCUT2D eigenvalue weighted by molar-refractivity contribution is -0.139. The maximum atomic E-state index is 11.2. The summed E-state index contributed by atoms with van der Waals surface area (Å²) in [6.45, 7) is -0.539. The third kappa shape index (κ3) is 5.55. The van der Waals surface area contributed by atoms with Crippen molar-refractivity contribution in [3.8, 4) is 28.6 Å². The van der Waals surface area contributed by atoms with Crippen LogP contribution in [0.4, 0.5) is 5.69 Å². The van der Waals surface area contributed by atoms with Crippen molar-refractivity contribution >= 4 is 35.0 Å². The molecule has 0 spiro atoms. The molecule has 0 amide bonds. The van der Waals surface area contributed by atoms with E-state index in [0.29, 0.717) is 32.9 Å². The predicted molar refractivity (Wildman–Crippen MR) is 139 cm³/mol. The Balaban J connectivity index is 1.51. The van der Waals surface area contributed by atoms with Crippen molar-refractivity contribution in [2.45, 2.75) is 17.1 Å². The van der Waals surface area contributed by atoms with Gasteiger partial charge < -0.3 is 24.6 Å². The van der Waals surface area contributed by atoms with Gasteiger partial charge in [-0.05, 0) is 35.9 Å². The Morgan fingerprint density at radius 3 is 2.70 bits per heavy atom. The first-order valence-electron chi connectivity index (χ1n) is 11.2. The number of ether oxygens (including phenoxy) is 3. The van der Waals surface area contributed by atoms with Gasteiger partial charge in [-0.25, -0.2) is 4.79 Å². The predicted octanol–water partition coefficient (Wildman–Crippen LogP) is 5.46. The number of rotatable bonds is 8. The SMILES string of the molecule is COc1cccc([C@H]2Nc3ccccc3-c3nnc(SCc4ccc(Cl)cc4)nc3O2)c1OCC(=O)O. The van der Waals surface area contributed by atoms with Crippen LogP contribution >= 0.6 is 23.4 Å². The lowest BCUT2D eigenvalue weighted by atomic mass is 10.1. The summed E-state index contributed by atoms with van der Waals surface area (Å²) in [5.41, 5.74) is 3.60. The summed E-state index contributed by atoms with van der Waals surface area (Å²) >= 11 is 7.40. The Hall–Kier alpha value is -4.02. The van der Waals surface area contributed by atoms with Crippen molar-refractivity contribution in [1.82, 2.24) is 15.2 Å². The maximum absolute atomic E-state index is 11.2. The van der Waals surface area contributed by atoms with E-state index < -0.39 is 18.8 Å². The first-order valence-corrected chi connectivity index (χ1v) is 12.5. The van der Waals surface area contributed by atoms with Crippen molar-refractivity contribution < 1.29 is 24.1 Å². The summed E-state index contributed by atoms with van der Waals surface area (Å²) in [7, 11) is 1.49. The van der Waals surface area contributed by atoms with Crippen LogP contribution in [0.2, 0.25) is 5.02 Å². The summed E-state index contributed by atoms with van der Waals surface area (Å²) in [6, 6.07) is 20.4. The topological polar surface area (TPSA) is 116 Å². The van der Waals surface area contributed by atoms with Gasteiger partial charge in [0.1, 0.15) is 0 Å². The van der Waals surface area contributed by atoms with Gasteiger partial charge in [-0.3, -0.25) is 0 Å². The molecule has 0 saturated heterocycles. The van der Waals surface area contributed by atoms with Crippen LogP contribution in [0.3, 0.4) is 0 Å². The minimum absolute atomic E-state index is 0.255. The molecule has 1 aliphatic heterocycles. The minimum Gasteiger partial charge on any atom is -0.493 e. The van der Waals surface area contributed by atoms with E-state index in [4.69, 9.17) is 25.8 Å². The first-order chi connectivity index (χ1) is 18.0. The number of halogens is 1. The molecule has 188 valence electrons. The number of para-hydroxylation sites is 2. The Labute approximate surface area is 221 Å². The molecule has 1 aliphatic rings. The normalized spacial score (nSPS) is 13.8. The van der Waals surface area contributed by atoms with E-state index in [0.717, 1.165) is 16.8 Å². The second-order valence-corrected chi connectivity index (χ2v) is 9.29. The number of nitrogens with one attached hydrogen (secondary N) is 1. The second-order valence-electron chi connectivity index (χ2n) is 7.91. The molecule has 1 atom stereocenters. The van der Waals surface area contributed by atoms with Crippen LogP contribution in [0.5, 0.6) is 17.4 Å². The first kappa shape index (κ1) is 24.7. The number of benzene rings is 3. The van der Waals surface area contributed by atoms with Crippen molar-refractivity contribution in [2.75, 3.05) is 19.0 Å². The molecule has 0 unspecified atom stereocenters. The number of hydrogen-bond acceptors (Lipinski definition) is 9. The lowest BCUT2D eigenvalue weighted by Gasteiger charge is -2.22. The standard InChI is InChI=1S/C26H21ClN4O5S/c1-34-20-8-4-6-18(23(20)35-13-21(32)33)24-28-19-7-3-2-5-17(19)22-25(36-24)29-26(31-30-22)37-14-15-9-11-16(27)12-10-15/h2-12,24,28H,13-14H2,1H3,(H,32,33)/t24-/m0/s1. The van der Waals surface area contributed by atoms with Gasteiger partial charge in [0.05, 0.1) is 12.7 Å². The van der Waals surface area contributed by atoms with Gasteiger partial charge in [-0.2, -0.15) is 4.98 Å². The molecular weight excluding hydrogens is 516 g/mol. The molecule has 0 aliphatic carbocycles. The molecule has 9 nitrogen and oxygen atoms in total. The fraction of sp³-hybridized carbons (Fsp3) is 0.154. The van der Waals surface area contributed by atoms with Gasteiger partial charge in [-0.15, -0.1) is 10.2 Å². The summed E-state index contributed by atoms with van der Waals surface area (Å²) in [6.07, 6.45) is -0.785. The van der Waals surface area contributed by atoms with Crippen LogP contribution in [0.25, 0.3) is 11.3 Å². The molecule has 0 fully saturated rings. The largest absolute Gasteiger partial charge is 0.493 e. The fourth-order valence-electron chi connectivity index (χ4n) is 3.77. The average Bonchev–Trinajstić information content (AvgIpc) is 3.07. The Kier molecular flexibility index (Phi) is 7.29. The van der Waals surface area contributed by atoms with E-state index in [1.54, 1.807) is 18.2 Å². The number of aliphatic carboxylic acids is 1. The highest BCUT2D eigenvalue weighted by Crippen LogP contribution is 2.43. The van der Waals surface area contributed by atoms with Crippen molar-refractivity contribution in [3.05, 3.63) is 82.9 Å². The van der Waals surface area contributed by atoms with Crippen LogP contribution in [-0.2, 0) is 10.5 Å². The molecule has 0 bridgehead atoms. The van der Waals surface area contributed by atoms with Crippen LogP contribution in [0.15, 0.2) is 71.9 Å². The molecule has 3 aromatic carbocycles. The van der Waals surface area contributed by atoms with E-state index >= 15 is 0 Å². The highest BCUT2D eigenvalue weighted by Gasteiger charge is 2.29. The number of hydrogen-bond donors (Lipinski definition) is 2. The van der Waals surface area contributed by atoms with Crippen molar-refractivity contribution in [3.63, 3.8) is 0 Å². The van der Waals surface area contributed by atoms with Crippen molar-refractivity contribution in [2.24, 2.45) is 0 Å². The van der Waals surface area contributed by atoms with Gasteiger partial charge in [0, 0.05) is 22.0 Å². The Morgan fingerprint density at radius 2 is 1.92 bits per heavy atom. The highest BCUT2D eigenvalue weighted by atomic mass is 35.5. The molecule has 0 saturated carbocycles. The number of nitrogens with zero attached hydrogens (tertiary/aromatic N) is 3. The summed E-state index contributed by atoms with van der Waals surface area (Å²) < 4.78 is 17.4. The minimum atomic E-state index is -1.11. The molecule has 2 heterocycles. The monoisotopic (exact) mass is 536 g/mol. The molecule has 5 rings (SSSR count). The van der Waals surface area contributed by atoms with Crippen LogP contribution in [0, 0.1) is 0 Å². The Bertz CT molecular complexity index is 1440. The summed E-state index contributed by atoms with van der Waals surface area (Å²) in [5, 5.41) is 22.4. The fourth-order valence-corrected chi connectivity index (χ4v) is 4.63. The van der Waals surface area contributed by atoms with Gasteiger partial charge in [-0.1, -0.05) is 59.8 Å². The number of methoxy groups -OCH3 is 1. The van der Waals surface area contributed by atoms with Gasteiger partial charge in [0.2, 0.25) is 17.3 Å². The summed E-state index contributed by atoms with van der Waals surface area (Å²) in [5.74, 6) is 0.427. The van der Waals surface area contributed by atoms with E-state index in [2.05, 4.69) is 20.5 Å². The van der Waals surface area contributed by atoms with Gasteiger partial charge in [0.15, 0.2) is 23.8 Å². The molecule has 1 aromatic heterocycles. The van der Waals surface area contributed by atoms with Gasteiger partial charge >= 0.3 is 5.97 Å². The molecular formula is C26H21ClN4O5S. The average molecular weight is 537 g/mol. The molecule has 37 heavy (non-hydrogen) atoms.